The normalized spacial score (nSPS) is 11.4. The van der Waals surface area contributed by atoms with E-state index in [9.17, 15) is 22.8 Å². The fourth-order valence-electron chi connectivity index (χ4n) is 4.75. The summed E-state index contributed by atoms with van der Waals surface area (Å²) in [6, 6.07) is 12.3. The number of carboxylic acids is 2. The molecule has 258 valence electrons. The summed E-state index contributed by atoms with van der Waals surface area (Å²) in [5, 5.41) is 16.2. The second-order valence-corrected chi connectivity index (χ2v) is 13.0. The molecule has 2 aromatic carbocycles. The molecule has 1 heterocycles. The van der Waals surface area contributed by atoms with Crippen molar-refractivity contribution in [3.05, 3.63) is 71.5 Å². The number of hydrogen-bond donors (Lipinski definition) is 3. The molecule has 0 saturated carbocycles. The maximum atomic E-state index is 13.7. The lowest BCUT2D eigenvalue weighted by Gasteiger charge is -2.21. The molecule has 0 amide bonds. The van der Waals surface area contributed by atoms with Gasteiger partial charge in [0, 0.05) is 41.8 Å². The van der Waals surface area contributed by atoms with E-state index in [1.54, 1.807) is 30.3 Å². The zero-order valence-corrected chi connectivity index (χ0v) is 28.6. The van der Waals surface area contributed by atoms with Crippen molar-refractivity contribution in [2.45, 2.75) is 72.1 Å². The van der Waals surface area contributed by atoms with Crippen LogP contribution in [0, 0.1) is 0 Å². The summed E-state index contributed by atoms with van der Waals surface area (Å²) in [6.45, 7) is 10.5. The van der Waals surface area contributed by atoms with Crippen LogP contribution in [0.4, 0.5) is 5.69 Å². The number of aryl methyl sites for hydroxylation is 1. The van der Waals surface area contributed by atoms with Crippen LogP contribution >= 0.6 is 0 Å². The van der Waals surface area contributed by atoms with Gasteiger partial charge in [0.2, 0.25) is 10.0 Å². The summed E-state index contributed by atoms with van der Waals surface area (Å²) in [6.07, 6.45) is 10.5. The van der Waals surface area contributed by atoms with Gasteiger partial charge in [0.1, 0.15) is 17.1 Å². The molecule has 0 aliphatic heterocycles. The fraction of sp³-hybridized carbons (Fsp3) is 0.457. The summed E-state index contributed by atoms with van der Waals surface area (Å²) < 4.78 is 38.0. The Morgan fingerprint density at radius 1 is 0.851 bits per heavy atom. The third-order valence-corrected chi connectivity index (χ3v) is 7.68. The molecular weight excluding hydrogens is 624 g/mol. The molecule has 3 aromatic rings. The highest BCUT2D eigenvalue weighted by Gasteiger charge is 2.22. The van der Waals surface area contributed by atoms with E-state index in [0.29, 0.717) is 58.7 Å². The van der Waals surface area contributed by atoms with Crippen molar-refractivity contribution in [2.75, 3.05) is 37.2 Å². The van der Waals surface area contributed by atoms with Crippen LogP contribution in [0.5, 0.6) is 5.75 Å². The van der Waals surface area contributed by atoms with Crippen molar-refractivity contribution in [2.24, 2.45) is 0 Å². The number of hydrogen-bond acceptors (Lipinski definition) is 8. The number of nitrogens with one attached hydrogen (secondary N) is 1. The van der Waals surface area contributed by atoms with Gasteiger partial charge < -0.3 is 24.3 Å². The number of ether oxygens (including phenoxy) is 1. The third-order valence-electron chi connectivity index (χ3n) is 7.08. The minimum absolute atomic E-state index is 0.148. The summed E-state index contributed by atoms with van der Waals surface area (Å²) in [5.74, 6) is -1.29. The topological polar surface area (TPSA) is 163 Å². The molecule has 0 radical (unpaired) electrons. The van der Waals surface area contributed by atoms with E-state index in [1.807, 2.05) is 12.1 Å². The molecule has 0 bridgehead atoms. The Balaban J connectivity index is 0.000000849. The van der Waals surface area contributed by atoms with E-state index in [4.69, 9.17) is 19.4 Å². The van der Waals surface area contributed by atoms with Gasteiger partial charge in [0.05, 0.1) is 18.4 Å². The molecule has 0 aliphatic rings. The standard InChI is InChI=1S/C31H44N2O5S.C4H4O4/c1-5-8-12-29-30(27-23-25(32-39(4,35)36)15-18-28(27)38-29)31(34)24-13-16-26(17-14-24)37-22-11-21-33(19-9-6-2)20-10-7-3;5-3(6)1-2-4(7)8/h13-18,23,32H,5-12,19-22H2,1-4H3;1-2H,(H,5,6)(H,7,8)/b;2-1-. The molecule has 3 rings (SSSR count). The number of benzene rings is 2. The number of anilines is 1. The molecule has 0 atom stereocenters. The van der Waals surface area contributed by atoms with Crippen LogP contribution in [0.2, 0.25) is 0 Å². The molecule has 11 nitrogen and oxygen atoms in total. The third kappa shape index (κ3) is 14.4. The zero-order chi connectivity index (χ0) is 34.8. The number of rotatable bonds is 20. The number of furan rings is 1. The summed E-state index contributed by atoms with van der Waals surface area (Å²) in [4.78, 5) is 35.3. The van der Waals surface area contributed by atoms with Crippen molar-refractivity contribution >= 4 is 44.4 Å². The molecule has 0 fully saturated rings. The molecule has 3 N–H and O–H groups in total. The Morgan fingerprint density at radius 3 is 1.96 bits per heavy atom. The van der Waals surface area contributed by atoms with E-state index in [0.717, 1.165) is 50.9 Å². The summed E-state index contributed by atoms with van der Waals surface area (Å²) in [5.41, 5.74) is 1.99. The van der Waals surface area contributed by atoms with E-state index in [-0.39, 0.29) is 5.78 Å². The van der Waals surface area contributed by atoms with Crippen LogP contribution in [-0.4, -0.2) is 73.7 Å². The van der Waals surface area contributed by atoms with Gasteiger partial charge in [-0.25, -0.2) is 18.0 Å². The minimum Gasteiger partial charge on any atom is -0.494 e. The molecule has 0 spiro atoms. The maximum Gasteiger partial charge on any atom is 0.328 e. The zero-order valence-electron chi connectivity index (χ0n) is 27.8. The molecule has 1 aromatic heterocycles. The van der Waals surface area contributed by atoms with Gasteiger partial charge in [-0.1, -0.05) is 40.0 Å². The number of aliphatic carboxylic acids is 2. The van der Waals surface area contributed by atoms with Crippen molar-refractivity contribution in [1.82, 2.24) is 4.90 Å². The van der Waals surface area contributed by atoms with Crippen LogP contribution in [0.1, 0.15) is 87.4 Å². The molecule has 0 saturated heterocycles. The minimum atomic E-state index is -3.45. The summed E-state index contributed by atoms with van der Waals surface area (Å²) >= 11 is 0. The lowest BCUT2D eigenvalue weighted by Crippen LogP contribution is -2.28. The number of nitrogens with zero attached hydrogens (tertiary/aromatic N) is 1. The molecule has 47 heavy (non-hydrogen) atoms. The van der Waals surface area contributed by atoms with Crippen molar-refractivity contribution in [3.63, 3.8) is 0 Å². The number of sulfonamides is 1. The van der Waals surface area contributed by atoms with Crippen molar-refractivity contribution in [3.8, 4) is 5.75 Å². The van der Waals surface area contributed by atoms with Crippen molar-refractivity contribution < 1.29 is 42.2 Å². The highest BCUT2D eigenvalue weighted by Crippen LogP contribution is 2.32. The molecule has 12 heteroatoms. The van der Waals surface area contributed by atoms with Crippen LogP contribution < -0.4 is 9.46 Å². The van der Waals surface area contributed by atoms with Gasteiger partial charge >= 0.3 is 11.9 Å². The predicted molar refractivity (Wildman–Crippen MR) is 184 cm³/mol. The van der Waals surface area contributed by atoms with Crippen LogP contribution in [-0.2, 0) is 26.0 Å². The number of fused-ring (bicyclic) bond motifs is 1. The van der Waals surface area contributed by atoms with Gasteiger partial charge in [0.25, 0.3) is 0 Å². The number of ketones is 1. The van der Waals surface area contributed by atoms with Gasteiger partial charge in [-0.05, 0) is 81.2 Å². The lowest BCUT2D eigenvalue weighted by atomic mass is 9.98. The van der Waals surface area contributed by atoms with E-state index in [2.05, 4.69) is 30.4 Å². The van der Waals surface area contributed by atoms with Crippen LogP contribution in [0.3, 0.4) is 0 Å². The smallest absolute Gasteiger partial charge is 0.328 e. The predicted octanol–water partition coefficient (Wildman–Crippen LogP) is 6.76. The Bertz CT molecular complexity index is 1550. The molecule has 0 aliphatic carbocycles. The first-order valence-corrected chi connectivity index (χ1v) is 17.9. The highest BCUT2D eigenvalue weighted by atomic mass is 32.2. The van der Waals surface area contributed by atoms with Crippen LogP contribution in [0.25, 0.3) is 11.0 Å². The first kappa shape index (κ1) is 39.0. The van der Waals surface area contributed by atoms with Crippen molar-refractivity contribution in [1.29, 1.82) is 0 Å². The molecular formula is C35H48N2O9S. The second-order valence-electron chi connectivity index (χ2n) is 11.2. The van der Waals surface area contributed by atoms with Gasteiger partial charge in [-0.2, -0.15) is 0 Å². The Morgan fingerprint density at radius 2 is 1.43 bits per heavy atom. The first-order chi connectivity index (χ1) is 22.4. The summed E-state index contributed by atoms with van der Waals surface area (Å²) in [7, 11) is -3.45. The highest BCUT2D eigenvalue weighted by molar-refractivity contribution is 7.92. The molecule has 0 unspecified atom stereocenters. The Hall–Kier alpha value is -4.16. The van der Waals surface area contributed by atoms with Crippen LogP contribution in [0.15, 0.2) is 59.0 Å². The van der Waals surface area contributed by atoms with E-state index in [1.165, 1.54) is 25.7 Å². The average molecular weight is 673 g/mol. The number of carbonyl (C=O) groups is 3. The maximum absolute atomic E-state index is 13.7. The van der Waals surface area contributed by atoms with E-state index >= 15 is 0 Å². The second kappa shape index (κ2) is 20.2. The van der Waals surface area contributed by atoms with Gasteiger partial charge in [-0.15, -0.1) is 0 Å². The lowest BCUT2D eigenvalue weighted by molar-refractivity contribution is -0.134. The quantitative estimate of drug-likeness (QED) is 0.0664. The monoisotopic (exact) mass is 672 g/mol. The van der Waals surface area contributed by atoms with E-state index < -0.39 is 22.0 Å². The first-order valence-electron chi connectivity index (χ1n) is 16.0. The van der Waals surface area contributed by atoms with Gasteiger partial charge in [0.15, 0.2) is 5.78 Å². The Labute approximate surface area is 277 Å². The average Bonchev–Trinajstić information content (AvgIpc) is 3.38. The number of carbonyl (C=O) groups excluding carboxylic acids is 1. The number of unbranched alkanes of at least 4 members (excludes halogenated alkanes) is 3. The number of carboxylic acid groups (broad SMARTS) is 2. The Kier molecular flexibility index (Phi) is 16.7. The van der Waals surface area contributed by atoms with Gasteiger partial charge in [-0.3, -0.25) is 9.52 Å². The largest absolute Gasteiger partial charge is 0.494 e. The SMILES string of the molecule is CCCCc1oc2ccc(NS(C)(=O)=O)cc2c1C(=O)c1ccc(OCCCN(CCCC)CCCC)cc1.O=C(O)/C=C\C(=O)O. The fourth-order valence-corrected chi connectivity index (χ4v) is 5.31.